The lowest BCUT2D eigenvalue weighted by Crippen LogP contribution is -2.27. The van der Waals surface area contributed by atoms with Gasteiger partial charge < -0.3 is 10.2 Å². The Kier molecular flexibility index (Phi) is 5.00. The third-order valence-electron chi connectivity index (χ3n) is 3.72. The molecule has 18 heavy (non-hydrogen) atoms. The van der Waals surface area contributed by atoms with E-state index in [1.807, 2.05) is 12.1 Å². The first-order chi connectivity index (χ1) is 8.81. The fourth-order valence-electron chi connectivity index (χ4n) is 2.69. The number of para-hydroxylation sites is 1. The Hall–Kier alpha value is -1.09. The highest BCUT2D eigenvalue weighted by Crippen LogP contribution is 2.19. The van der Waals surface area contributed by atoms with Gasteiger partial charge in [-0.1, -0.05) is 12.1 Å². The summed E-state index contributed by atoms with van der Waals surface area (Å²) in [4.78, 5) is 2.13. The molecule has 3 heteroatoms. The van der Waals surface area contributed by atoms with Gasteiger partial charge in [-0.15, -0.1) is 0 Å². The molecule has 1 N–H and O–H groups in total. The average Bonchev–Trinajstić information content (AvgIpc) is 2.89. The molecular formula is C15H23FN2. The van der Waals surface area contributed by atoms with E-state index in [0.29, 0.717) is 6.04 Å². The van der Waals surface area contributed by atoms with Crippen molar-refractivity contribution in [1.29, 1.82) is 0 Å². The SMILES string of the molecule is CCN(CCCC1CCCN1)c1ccccc1F. The number of halogens is 1. The van der Waals surface area contributed by atoms with Gasteiger partial charge in [-0.25, -0.2) is 4.39 Å². The molecule has 1 aliphatic heterocycles. The highest BCUT2D eigenvalue weighted by Gasteiger charge is 2.14. The molecule has 1 heterocycles. The fraction of sp³-hybridized carbons (Fsp3) is 0.600. The molecule has 2 rings (SSSR count). The molecule has 0 aliphatic carbocycles. The summed E-state index contributed by atoms with van der Waals surface area (Å²) in [6.45, 7) is 5.05. The second-order valence-electron chi connectivity index (χ2n) is 4.97. The van der Waals surface area contributed by atoms with Crippen LogP contribution in [0.1, 0.15) is 32.6 Å². The summed E-state index contributed by atoms with van der Waals surface area (Å²) < 4.78 is 13.7. The Morgan fingerprint density at radius 2 is 2.22 bits per heavy atom. The van der Waals surface area contributed by atoms with Crippen LogP contribution in [0.25, 0.3) is 0 Å². The zero-order valence-corrected chi connectivity index (χ0v) is 11.2. The van der Waals surface area contributed by atoms with Gasteiger partial charge in [-0.05, 0) is 51.3 Å². The zero-order valence-electron chi connectivity index (χ0n) is 11.2. The van der Waals surface area contributed by atoms with Crippen molar-refractivity contribution in [2.45, 2.75) is 38.6 Å². The number of benzene rings is 1. The van der Waals surface area contributed by atoms with Crippen LogP contribution in [0.15, 0.2) is 24.3 Å². The molecule has 0 aromatic heterocycles. The number of anilines is 1. The number of hydrogen-bond donors (Lipinski definition) is 1. The van der Waals surface area contributed by atoms with E-state index in [4.69, 9.17) is 0 Å². The van der Waals surface area contributed by atoms with Crippen molar-refractivity contribution in [3.8, 4) is 0 Å². The second kappa shape index (κ2) is 6.74. The molecular weight excluding hydrogens is 227 g/mol. The summed E-state index contributed by atoms with van der Waals surface area (Å²) in [5.74, 6) is -0.113. The molecule has 0 bridgehead atoms. The van der Waals surface area contributed by atoms with Gasteiger partial charge in [0.1, 0.15) is 5.82 Å². The molecule has 1 unspecified atom stereocenters. The summed E-state index contributed by atoms with van der Waals surface area (Å²) >= 11 is 0. The number of nitrogens with one attached hydrogen (secondary N) is 1. The fourth-order valence-corrected chi connectivity index (χ4v) is 2.69. The highest BCUT2D eigenvalue weighted by molar-refractivity contribution is 5.47. The maximum absolute atomic E-state index is 13.7. The highest BCUT2D eigenvalue weighted by atomic mass is 19.1. The molecule has 100 valence electrons. The topological polar surface area (TPSA) is 15.3 Å². The van der Waals surface area contributed by atoms with Gasteiger partial charge in [-0.2, -0.15) is 0 Å². The lowest BCUT2D eigenvalue weighted by Gasteiger charge is -2.24. The Labute approximate surface area is 109 Å². The summed E-state index contributed by atoms with van der Waals surface area (Å²) in [5.41, 5.74) is 0.736. The van der Waals surface area contributed by atoms with Crippen molar-refractivity contribution in [1.82, 2.24) is 5.32 Å². The van der Waals surface area contributed by atoms with Crippen molar-refractivity contribution in [2.75, 3.05) is 24.5 Å². The predicted octanol–water partition coefficient (Wildman–Crippen LogP) is 3.18. The van der Waals surface area contributed by atoms with Crippen molar-refractivity contribution in [3.05, 3.63) is 30.1 Å². The van der Waals surface area contributed by atoms with Gasteiger partial charge in [0.2, 0.25) is 0 Å². The van der Waals surface area contributed by atoms with Gasteiger partial charge in [0.15, 0.2) is 0 Å². The molecule has 1 atom stereocenters. The van der Waals surface area contributed by atoms with Crippen LogP contribution in [-0.2, 0) is 0 Å². The maximum Gasteiger partial charge on any atom is 0.146 e. The van der Waals surface area contributed by atoms with Crippen molar-refractivity contribution < 1.29 is 4.39 Å². The van der Waals surface area contributed by atoms with Gasteiger partial charge in [0.05, 0.1) is 5.69 Å². The van der Waals surface area contributed by atoms with E-state index in [0.717, 1.165) is 31.7 Å². The lowest BCUT2D eigenvalue weighted by atomic mass is 10.1. The number of hydrogen-bond acceptors (Lipinski definition) is 2. The largest absolute Gasteiger partial charge is 0.369 e. The number of rotatable bonds is 6. The summed E-state index contributed by atoms with van der Waals surface area (Å²) in [6, 6.07) is 7.74. The van der Waals surface area contributed by atoms with Gasteiger partial charge >= 0.3 is 0 Å². The quantitative estimate of drug-likeness (QED) is 0.834. The summed E-state index contributed by atoms with van der Waals surface area (Å²) in [5, 5.41) is 3.51. The maximum atomic E-state index is 13.7. The van der Waals surface area contributed by atoms with E-state index < -0.39 is 0 Å². The van der Waals surface area contributed by atoms with E-state index in [-0.39, 0.29) is 5.82 Å². The molecule has 1 saturated heterocycles. The molecule has 0 spiro atoms. The first-order valence-corrected chi connectivity index (χ1v) is 7.04. The lowest BCUT2D eigenvalue weighted by molar-refractivity contribution is 0.530. The van der Waals surface area contributed by atoms with Gasteiger partial charge in [0.25, 0.3) is 0 Å². The zero-order chi connectivity index (χ0) is 12.8. The Balaban J connectivity index is 1.83. The van der Waals surface area contributed by atoms with Crippen molar-refractivity contribution >= 4 is 5.69 Å². The third-order valence-corrected chi connectivity index (χ3v) is 3.72. The van der Waals surface area contributed by atoms with E-state index in [9.17, 15) is 4.39 Å². The monoisotopic (exact) mass is 250 g/mol. The Morgan fingerprint density at radius 3 is 2.89 bits per heavy atom. The molecule has 2 nitrogen and oxygen atoms in total. The second-order valence-corrected chi connectivity index (χ2v) is 4.97. The molecule has 1 aromatic rings. The van der Waals surface area contributed by atoms with E-state index >= 15 is 0 Å². The molecule has 0 amide bonds. The van der Waals surface area contributed by atoms with E-state index in [1.165, 1.54) is 25.3 Å². The van der Waals surface area contributed by atoms with E-state index in [2.05, 4.69) is 17.1 Å². The average molecular weight is 250 g/mol. The van der Waals surface area contributed by atoms with Crippen LogP contribution in [0.2, 0.25) is 0 Å². The predicted molar refractivity (Wildman–Crippen MR) is 74.5 cm³/mol. The molecule has 0 saturated carbocycles. The smallest absolute Gasteiger partial charge is 0.146 e. The van der Waals surface area contributed by atoms with Crippen LogP contribution in [0.4, 0.5) is 10.1 Å². The molecule has 1 aromatic carbocycles. The van der Waals surface area contributed by atoms with Crippen LogP contribution < -0.4 is 10.2 Å². The normalized spacial score (nSPS) is 19.1. The molecule has 0 radical (unpaired) electrons. The van der Waals surface area contributed by atoms with Crippen molar-refractivity contribution in [3.63, 3.8) is 0 Å². The van der Waals surface area contributed by atoms with Crippen LogP contribution in [0.5, 0.6) is 0 Å². The minimum atomic E-state index is -0.113. The first-order valence-electron chi connectivity index (χ1n) is 7.04. The Morgan fingerprint density at radius 1 is 1.39 bits per heavy atom. The summed E-state index contributed by atoms with van der Waals surface area (Å²) in [6.07, 6.45) is 4.92. The first kappa shape index (κ1) is 13.3. The van der Waals surface area contributed by atoms with E-state index in [1.54, 1.807) is 6.07 Å². The Bertz CT molecular complexity index is 361. The minimum Gasteiger partial charge on any atom is -0.369 e. The van der Waals surface area contributed by atoms with Crippen LogP contribution in [0, 0.1) is 5.82 Å². The van der Waals surface area contributed by atoms with Crippen LogP contribution >= 0.6 is 0 Å². The standard InChI is InChI=1S/C15H23FN2/c1-2-18(15-10-4-3-9-14(15)16)12-6-8-13-7-5-11-17-13/h3-4,9-10,13,17H,2,5-8,11-12H2,1H3. The number of nitrogens with zero attached hydrogens (tertiary/aromatic N) is 1. The molecule has 1 aliphatic rings. The third kappa shape index (κ3) is 3.45. The van der Waals surface area contributed by atoms with Crippen LogP contribution in [-0.4, -0.2) is 25.7 Å². The van der Waals surface area contributed by atoms with Crippen LogP contribution in [0.3, 0.4) is 0 Å². The minimum absolute atomic E-state index is 0.113. The van der Waals surface area contributed by atoms with Gasteiger partial charge in [0, 0.05) is 19.1 Å². The van der Waals surface area contributed by atoms with Gasteiger partial charge in [-0.3, -0.25) is 0 Å². The van der Waals surface area contributed by atoms with Crippen molar-refractivity contribution in [2.24, 2.45) is 0 Å². The molecule has 1 fully saturated rings. The summed E-state index contributed by atoms with van der Waals surface area (Å²) in [7, 11) is 0.